The molecule has 1 heterocycles. The van der Waals surface area contributed by atoms with E-state index in [9.17, 15) is 8.42 Å². The Morgan fingerprint density at radius 3 is 2.26 bits per heavy atom. The van der Waals surface area contributed by atoms with Gasteiger partial charge < -0.3 is 5.11 Å². The van der Waals surface area contributed by atoms with E-state index in [1.165, 1.54) is 0 Å². The van der Waals surface area contributed by atoms with Gasteiger partial charge in [0.25, 0.3) is 0 Å². The van der Waals surface area contributed by atoms with Crippen LogP contribution in [-0.4, -0.2) is 29.9 Å². The molecule has 1 aromatic rings. The molecule has 0 atom stereocenters. The SMILES string of the molecule is CC1(C)CCCN1S(=O)(=O)Cc1ccc(CO)cc1. The minimum absolute atomic E-state index is 0.0216. The van der Waals surface area contributed by atoms with Crippen LogP contribution in [0, 0.1) is 0 Å². The second-order valence-electron chi connectivity index (χ2n) is 5.72. The fourth-order valence-electron chi connectivity index (χ4n) is 2.63. The van der Waals surface area contributed by atoms with Gasteiger partial charge in [0.05, 0.1) is 12.4 Å². The number of rotatable bonds is 4. The van der Waals surface area contributed by atoms with Crippen molar-refractivity contribution in [2.45, 2.75) is 44.6 Å². The third-order valence-corrected chi connectivity index (χ3v) is 5.76. The normalized spacial score (nSPS) is 19.7. The van der Waals surface area contributed by atoms with Crippen molar-refractivity contribution in [2.75, 3.05) is 6.54 Å². The number of aliphatic hydroxyl groups excluding tert-OH is 1. The Labute approximate surface area is 115 Å². The van der Waals surface area contributed by atoms with Gasteiger partial charge in [-0.3, -0.25) is 0 Å². The van der Waals surface area contributed by atoms with Crippen molar-refractivity contribution >= 4 is 10.0 Å². The van der Waals surface area contributed by atoms with Crippen molar-refractivity contribution in [1.82, 2.24) is 4.31 Å². The topological polar surface area (TPSA) is 57.6 Å². The summed E-state index contributed by atoms with van der Waals surface area (Å²) in [5.74, 6) is 0.0299. The predicted octanol–water partition coefficient (Wildman–Crippen LogP) is 1.88. The summed E-state index contributed by atoms with van der Waals surface area (Å²) in [6.07, 6.45) is 1.84. The van der Waals surface area contributed by atoms with Crippen LogP contribution in [0.1, 0.15) is 37.8 Å². The maximum Gasteiger partial charge on any atom is 0.218 e. The summed E-state index contributed by atoms with van der Waals surface area (Å²) in [5.41, 5.74) is 1.28. The smallest absolute Gasteiger partial charge is 0.218 e. The Morgan fingerprint density at radius 1 is 1.21 bits per heavy atom. The molecule has 0 unspecified atom stereocenters. The number of hydrogen-bond acceptors (Lipinski definition) is 3. The van der Waals surface area contributed by atoms with E-state index in [0.29, 0.717) is 6.54 Å². The molecule has 0 saturated carbocycles. The first-order valence-corrected chi connectivity index (χ1v) is 8.15. The average Bonchev–Trinajstić information content (AvgIpc) is 2.70. The van der Waals surface area contributed by atoms with Crippen molar-refractivity contribution in [2.24, 2.45) is 0 Å². The highest BCUT2D eigenvalue weighted by Gasteiger charge is 2.39. The molecule has 4 nitrogen and oxygen atoms in total. The Morgan fingerprint density at radius 2 is 1.79 bits per heavy atom. The standard InChI is InChI=1S/C14H21NO3S/c1-14(2)8-3-9-15(14)19(17,18)11-13-6-4-12(10-16)5-7-13/h4-7,16H,3,8-11H2,1-2H3. The van der Waals surface area contributed by atoms with E-state index in [4.69, 9.17) is 5.11 Å². The van der Waals surface area contributed by atoms with Crippen LogP contribution in [0.5, 0.6) is 0 Å². The Bertz CT molecular complexity index is 534. The van der Waals surface area contributed by atoms with Gasteiger partial charge in [0.2, 0.25) is 10.0 Å². The Kier molecular flexibility index (Phi) is 3.99. The zero-order chi connectivity index (χ0) is 14.1. The molecule has 1 aliphatic rings. The molecule has 0 aliphatic carbocycles. The van der Waals surface area contributed by atoms with Gasteiger partial charge in [0.15, 0.2) is 0 Å². The summed E-state index contributed by atoms with van der Waals surface area (Å²) in [6, 6.07) is 7.07. The molecule has 106 valence electrons. The largest absolute Gasteiger partial charge is 0.392 e. The van der Waals surface area contributed by atoms with Crippen LogP contribution in [0.15, 0.2) is 24.3 Å². The van der Waals surface area contributed by atoms with Gasteiger partial charge in [-0.25, -0.2) is 8.42 Å². The summed E-state index contributed by atoms with van der Waals surface area (Å²) in [6.45, 7) is 4.55. The van der Waals surface area contributed by atoms with Gasteiger partial charge in [-0.1, -0.05) is 24.3 Å². The zero-order valence-corrected chi connectivity index (χ0v) is 12.3. The molecule has 0 spiro atoms. The van der Waals surface area contributed by atoms with Gasteiger partial charge in [-0.05, 0) is 37.8 Å². The highest BCUT2D eigenvalue weighted by atomic mass is 32.2. The summed E-state index contributed by atoms with van der Waals surface area (Å²) in [5, 5.41) is 8.98. The highest BCUT2D eigenvalue weighted by molar-refractivity contribution is 7.88. The molecule has 0 amide bonds. The number of benzene rings is 1. The number of nitrogens with zero attached hydrogens (tertiary/aromatic N) is 1. The van der Waals surface area contributed by atoms with Gasteiger partial charge in [-0.15, -0.1) is 0 Å². The van der Waals surface area contributed by atoms with Crippen LogP contribution in [0.4, 0.5) is 0 Å². The quantitative estimate of drug-likeness (QED) is 0.918. The maximum absolute atomic E-state index is 12.4. The van der Waals surface area contributed by atoms with Crippen molar-refractivity contribution in [3.63, 3.8) is 0 Å². The van der Waals surface area contributed by atoms with Crippen molar-refractivity contribution in [3.05, 3.63) is 35.4 Å². The minimum Gasteiger partial charge on any atom is -0.392 e. The molecule has 1 fully saturated rings. The van der Waals surface area contributed by atoms with E-state index in [1.54, 1.807) is 28.6 Å². The lowest BCUT2D eigenvalue weighted by Gasteiger charge is -2.30. The van der Waals surface area contributed by atoms with Gasteiger partial charge in [0.1, 0.15) is 0 Å². The zero-order valence-electron chi connectivity index (χ0n) is 11.5. The average molecular weight is 283 g/mol. The summed E-state index contributed by atoms with van der Waals surface area (Å²) < 4.78 is 26.5. The van der Waals surface area contributed by atoms with E-state index in [-0.39, 0.29) is 17.9 Å². The van der Waals surface area contributed by atoms with E-state index in [1.807, 2.05) is 13.8 Å². The lowest BCUT2D eigenvalue weighted by Crippen LogP contribution is -2.43. The fraction of sp³-hybridized carbons (Fsp3) is 0.571. The summed E-state index contributed by atoms with van der Waals surface area (Å²) in [7, 11) is -3.27. The van der Waals surface area contributed by atoms with Crippen LogP contribution in [-0.2, 0) is 22.4 Å². The number of sulfonamides is 1. The molecule has 1 N–H and O–H groups in total. The van der Waals surface area contributed by atoms with Gasteiger partial charge in [-0.2, -0.15) is 4.31 Å². The maximum atomic E-state index is 12.4. The van der Waals surface area contributed by atoms with E-state index >= 15 is 0 Å². The first-order chi connectivity index (χ1) is 8.85. The third kappa shape index (κ3) is 3.16. The van der Waals surface area contributed by atoms with Gasteiger partial charge in [0, 0.05) is 12.1 Å². The molecule has 0 radical (unpaired) electrons. The first-order valence-electron chi connectivity index (χ1n) is 6.54. The molecular formula is C14H21NO3S. The molecule has 1 saturated heterocycles. The lowest BCUT2D eigenvalue weighted by molar-refractivity contribution is 0.282. The predicted molar refractivity (Wildman–Crippen MR) is 75.0 cm³/mol. The van der Waals surface area contributed by atoms with Crippen molar-refractivity contribution < 1.29 is 13.5 Å². The Hall–Kier alpha value is -0.910. The molecule has 0 aromatic heterocycles. The van der Waals surface area contributed by atoms with Crippen molar-refractivity contribution in [3.8, 4) is 0 Å². The second kappa shape index (κ2) is 5.23. The molecule has 1 aromatic carbocycles. The molecule has 2 rings (SSSR count). The lowest BCUT2D eigenvalue weighted by atomic mass is 10.0. The van der Waals surface area contributed by atoms with Crippen molar-refractivity contribution in [1.29, 1.82) is 0 Å². The van der Waals surface area contributed by atoms with Crippen LogP contribution in [0.3, 0.4) is 0 Å². The highest BCUT2D eigenvalue weighted by Crippen LogP contribution is 2.32. The molecule has 0 bridgehead atoms. The van der Waals surface area contributed by atoms with Crippen LogP contribution in [0.25, 0.3) is 0 Å². The van der Waals surface area contributed by atoms with Crippen LogP contribution < -0.4 is 0 Å². The van der Waals surface area contributed by atoms with E-state index < -0.39 is 10.0 Å². The summed E-state index contributed by atoms with van der Waals surface area (Å²) in [4.78, 5) is 0. The molecule has 5 heteroatoms. The summed E-state index contributed by atoms with van der Waals surface area (Å²) >= 11 is 0. The minimum atomic E-state index is -3.27. The Balaban J connectivity index is 2.16. The number of hydrogen-bond donors (Lipinski definition) is 1. The van der Waals surface area contributed by atoms with Gasteiger partial charge >= 0.3 is 0 Å². The molecular weight excluding hydrogens is 262 g/mol. The molecule has 1 aliphatic heterocycles. The van der Waals surface area contributed by atoms with E-state index in [2.05, 4.69) is 0 Å². The third-order valence-electron chi connectivity index (χ3n) is 3.72. The monoisotopic (exact) mass is 283 g/mol. The fourth-order valence-corrected chi connectivity index (χ4v) is 4.65. The van der Waals surface area contributed by atoms with Crippen LogP contribution >= 0.6 is 0 Å². The number of aliphatic hydroxyl groups is 1. The second-order valence-corrected chi connectivity index (χ2v) is 7.61. The first kappa shape index (κ1) is 14.5. The van der Waals surface area contributed by atoms with Crippen LogP contribution in [0.2, 0.25) is 0 Å². The molecule has 19 heavy (non-hydrogen) atoms. The van der Waals surface area contributed by atoms with E-state index in [0.717, 1.165) is 24.0 Å².